The molecule has 1 aliphatic carbocycles. The molecule has 116 valence electrons. The monoisotopic (exact) mass is 296 g/mol. The standard InChI is InChI=1S/C19H24N2O/c1-2-20-17-11-14-7-8-18(17)21(12-14)10-9-15-13-22-19-6-4-3-5-16(15)19/h3-8,13-14,17-18,20H,2,9-12H2,1H3. The molecule has 1 N–H and O–H groups in total. The zero-order valence-corrected chi connectivity index (χ0v) is 13.2. The minimum Gasteiger partial charge on any atom is -0.464 e. The van der Waals surface area contributed by atoms with Crippen LogP contribution in [0.1, 0.15) is 18.9 Å². The van der Waals surface area contributed by atoms with E-state index in [2.05, 4.69) is 41.4 Å². The highest BCUT2D eigenvalue weighted by Gasteiger charge is 2.36. The molecule has 3 heterocycles. The van der Waals surface area contributed by atoms with Gasteiger partial charge < -0.3 is 9.73 Å². The van der Waals surface area contributed by atoms with Crippen LogP contribution >= 0.6 is 0 Å². The van der Waals surface area contributed by atoms with Crippen molar-refractivity contribution in [3.8, 4) is 0 Å². The summed E-state index contributed by atoms with van der Waals surface area (Å²) in [6, 6.07) is 9.51. The molecule has 0 spiro atoms. The van der Waals surface area contributed by atoms with Gasteiger partial charge in [0.2, 0.25) is 0 Å². The Bertz CT molecular complexity index is 675. The maximum absolute atomic E-state index is 5.67. The van der Waals surface area contributed by atoms with Crippen molar-refractivity contribution in [2.45, 2.75) is 31.8 Å². The number of rotatable bonds is 5. The van der Waals surface area contributed by atoms with Gasteiger partial charge in [-0.05, 0) is 36.9 Å². The van der Waals surface area contributed by atoms with Crippen LogP contribution in [0.4, 0.5) is 0 Å². The molecule has 0 radical (unpaired) electrons. The minimum absolute atomic E-state index is 0.558. The molecular formula is C19H24N2O. The van der Waals surface area contributed by atoms with Crippen LogP contribution < -0.4 is 5.32 Å². The molecular weight excluding hydrogens is 272 g/mol. The van der Waals surface area contributed by atoms with Gasteiger partial charge in [-0.2, -0.15) is 0 Å². The molecule has 0 saturated carbocycles. The highest BCUT2D eigenvalue weighted by Crippen LogP contribution is 2.30. The largest absolute Gasteiger partial charge is 0.464 e. The first kappa shape index (κ1) is 14.0. The number of nitrogens with one attached hydrogen (secondary N) is 1. The lowest BCUT2D eigenvalue weighted by Gasteiger charge is -2.46. The topological polar surface area (TPSA) is 28.4 Å². The quantitative estimate of drug-likeness (QED) is 0.859. The van der Waals surface area contributed by atoms with Crippen molar-refractivity contribution in [2.75, 3.05) is 19.6 Å². The van der Waals surface area contributed by atoms with Crippen LogP contribution in [0.2, 0.25) is 0 Å². The van der Waals surface area contributed by atoms with Gasteiger partial charge in [0, 0.05) is 30.6 Å². The number of furan rings is 1. The van der Waals surface area contributed by atoms with Crippen LogP contribution in [0, 0.1) is 5.92 Å². The van der Waals surface area contributed by atoms with E-state index in [4.69, 9.17) is 4.42 Å². The van der Waals surface area contributed by atoms with Gasteiger partial charge in [0.1, 0.15) is 5.58 Å². The van der Waals surface area contributed by atoms with Gasteiger partial charge in [-0.15, -0.1) is 0 Å². The van der Waals surface area contributed by atoms with Crippen molar-refractivity contribution in [3.05, 3.63) is 48.2 Å². The Kier molecular flexibility index (Phi) is 3.77. The van der Waals surface area contributed by atoms with Crippen LogP contribution in [-0.4, -0.2) is 36.6 Å². The summed E-state index contributed by atoms with van der Waals surface area (Å²) < 4.78 is 5.67. The predicted octanol–water partition coefficient (Wildman–Crippen LogP) is 3.21. The number of hydrogen-bond donors (Lipinski definition) is 1. The van der Waals surface area contributed by atoms with E-state index in [1.54, 1.807) is 0 Å². The molecule has 3 nitrogen and oxygen atoms in total. The normalized spacial score (nSPS) is 27.8. The van der Waals surface area contributed by atoms with Crippen LogP contribution in [0.3, 0.4) is 0 Å². The molecule has 2 bridgehead atoms. The average Bonchev–Trinajstić information content (AvgIpc) is 2.97. The molecule has 3 atom stereocenters. The molecule has 5 rings (SSSR count). The molecule has 1 saturated heterocycles. The second-order valence-corrected chi connectivity index (χ2v) is 6.54. The lowest BCUT2D eigenvalue weighted by atomic mass is 9.82. The predicted molar refractivity (Wildman–Crippen MR) is 90.0 cm³/mol. The van der Waals surface area contributed by atoms with Gasteiger partial charge in [-0.3, -0.25) is 4.90 Å². The van der Waals surface area contributed by atoms with E-state index in [0.717, 1.165) is 31.0 Å². The van der Waals surface area contributed by atoms with E-state index in [1.165, 1.54) is 23.9 Å². The molecule has 3 heteroatoms. The van der Waals surface area contributed by atoms with Crippen molar-refractivity contribution in [1.29, 1.82) is 0 Å². The van der Waals surface area contributed by atoms with Crippen LogP contribution in [0.15, 0.2) is 47.1 Å². The first-order valence-corrected chi connectivity index (χ1v) is 8.46. The first-order valence-electron chi connectivity index (χ1n) is 8.46. The fourth-order valence-corrected chi connectivity index (χ4v) is 4.08. The molecule has 2 aromatic rings. The fraction of sp³-hybridized carbons (Fsp3) is 0.474. The van der Waals surface area contributed by atoms with E-state index in [-0.39, 0.29) is 0 Å². The first-order chi connectivity index (χ1) is 10.8. The van der Waals surface area contributed by atoms with E-state index in [0.29, 0.717) is 12.1 Å². The summed E-state index contributed by atoms with van der Waals surface area (Å²) >= 11 is 0. The molecule has 1 fully saturated rings. The number of hydrogen-bond acceptors (Lipinski definition) is 3. The second-order valence-electron chi connectivity index (χ2n) is 6.54. The summed E-state index contributed by atoms with van der Waals surface area (Å²) in [5.41, 5.74) is 2.34. The van der Waals surface area contributed by atoms with Crippen LogP contribution in [-0.2, 0) is 6.42 Å². The van der Waals surface area contributed by atoms with Gasteiger partial charge in [0.05, 0.1) is 6.26 Å². The van der Waals surface area contributed by atoms with Gasteiger partial charge in [-0.1, -0.05) is 37.3 Å². The lowest BCUT2D eigenvalue weighted by molar-refractivity contribution is 0.104. The Morgan fingerprint density at radius 1 is 1.27 bits per heavy atom. The smallest absolute Gasteiger partial charge is 0.134 e. The maximum Gasteiger partial charge on any atom is 0.134 e. The van der Waals surface area contributed by atoms with E-state index >= 15 is 0 Å². The molecule has 2 aliphatic heterocycles. The summed E-state index contributed by atoms with van der Waals surface area (Å²) in [5, 5.41) is 4.92. The zero-order chi connectivity index (χ0) is 14.9. The molecule has 1 aromatic heterocycles. The fourth-order valence-electron chi connectivity index (χ4n) is 4.08. The number of piperidine rings is 1. The SMILES string of the molecule is CCNC1CC2C=CC1N(CCc1coc3ccccc13)C2. The number of fused-ring (bicyclic) bond motifs is 3. The summed E-state index contributed by atoms with van der Waals surface area (Å²) in [4.78, 5) is 2.64. The minimum atomic E-state index is 0.558. The van der Waals surface area contributed by atoms with Crippen molar-refractivity contribution < 1.29 is 4.42 Å². The highest BCUT2D eigenvalue weighted by atomic mass is 16.3. The molecule has 22 heavy (non-hydrogen) atoms. The summed E-state index contributed by atoms with van der Waals surface area (Å²) in [7, 11) is 0. The third-order valence-corrected chi connectivity index (χ3v) is 5.14. The van der Waals surface area contributed by atoms with Crippen molar-refractivity contribution in [1.82, 2.24) is 10.2 Å². The number of benzene rings is 1. The van der Waals surface area contributed by atoms with Crippen molar-refractivity contribution in [2.24, 2.45) is 5.92 Å². The lowest BCUT2D eigenvalue weighted by Crippen LogP contribution is -2.58. The molecule has 3 unspecified atom stereocenters. The van der Waals surface area contributed by atoms with E-state index < -0.39 is 0 Å². The third kappa shape index (κ3) is 2.49. The second kappa shape index (κ2) is 5.90. The van der Waals surface area contributed by atoms with Crippen LogP contribution in [0.25, 0.3) is 11.0 Å². The van der Waals surface area contributed by atoms with Gasteiger partial charge in [0.25, 0.3) is 0 Å². The molecule has 0 amide bonds. The number of nitrogens with zero attached hydrogens (tertiary/aromatic N) is 1. The number of likely N-dealkylation sites (N-methyl/N-ethyl adjacent to an activating group) is 1. The Hall–Kier alpha value is -1.58. The Balaban J connectivity index is 1.46. The maximum atomic E-state index is 5.67. The van der Waals surface area contributed by atoms with E-state index in [9.17, 15) is 0 Å². The Labute approximate surface area is 132 Å². The van der Waals surface area contributed by atoms with Gasteiger partial charge in [0.15, 0.2) is 0 Å². The van der Waals surface area contributed by atoms with E-state index in [1.807, 2.05) is 18.4 Å². The average molecular weight is 296 g/mol. The van der Waals surface area contributed by atoms with Crippen molar-refractivity contribution in [3.63, 3.8) is 0 Å². The van der Waals surface area contributed by atoms with Gasteiger partial charge >= 0.3 is 0 Å². The Morgan fingerprint density at radius 3 is 3.05 bits per heavy atom. The summed E-state index contributed by atoms with van der Waals surface area (Å²) in [5.74, 6) is 0.718. The summed E-state index contributed by atoms with van der Waals surface area (Å²) in [6.45, 7) is 5.58. The Morgan fingerprint density at radius 2 is 2.18 bits per heavy atom. The van der Waals surface area contributed by atoms with Crippen LogP contribution in [0.5, 0.6) is 0 Å². The third-order valence-electron chi connectivity index (χ3n) is 5.14. The molecule has 1 aromatic carbocycles. The molecule has 3 aliphatic rings. The summed E-state index contributed by atoms with van der Waals surface area (Å²) in [6.07, 6.45) is 9.12. The highest BCUT2D eigenvalue weighted by molar-refractivity contribution is 5.80. The van der Waals surface area contributed by atoms with Crippen molar-refractivity contribution >= 4 is 11.0 Å². The zero-order valence-electron chi connectivity index (χ0n) is 13.2. The van der Waals surface area contributed by atoms with Gasteiger partial charge in [-0.25, -0.2) is 0 Å². The number of para-hydroxylation sites is 1.